The summed E-state index contributed by atoms with van der Waals surface area (Å²) in [5.74, 6) is 0.328. The zero-order chi connectivity index (χ0) is 10.6. The quantitative estimate of drug-likeness (QED) is 0.763. The van der Waals surface area contributed by atoms with Gasteiger partial charge in [0, 0.05) is 0 Å². The lowest BCUT2D eigenvalue weighted by molar-refractivity contribution is 0.475. The number of aryl methyl sites for hydroxylation is 1. The van der Waals surface area contributed by atoms with Gasteiger partial charge in [0.1, 0.15) is 5.75 Å². The maximum absolute atomic E-state index is 9.27. The van der Waals surface area contributed by atoms with Crippen LogP contribution >= 0.6 is 0 Å². The van der Waals surface area contributed by atoms with E-state index >= 15 is 0 Å². The maximum atomic E-state index is 9.27. The Balaban J connectivity index is 2.80. The fourth-order valence-corrected chi connectivity index (χ4v) is 1.57. The van der Waals surface area contributed by atoms with Crippen molar-refractivity contribution in [3.05, 3.63) is 35.9 Å². The molecule has 1 aromatic carbocycles. The van der Waals surface area contributed by atoms with Gasteiger partial charge in [-0.1, -0.05) is 26.0 Å². The van der Waals surface area contributed by atoms with Crippen LogP contribution in [0.3, 0.4) is 0 Å². The molecule has 0 unspecified atom stereocenters. The van der Waals surface area contributed by atoms with Crippen molar-refractivity contribution in [2.75, 3.05) is 0 Å². The number of phenols is 1. The number of unbranched alkanes of at least 4 members (excludes halogenated alkanes) is 1. The van der Waals surface area contributed by atoms with Crippen LogP contribution in [-0.4, -0.2) is 5.11 Å². The van der Waals surface area contributed by atoms with E-state index in [1.165, 1.54) is 24.0 Å². The van der Waals surface area contributed by atoms with Crippen LogP contribution in [0.1, 0.15) is 37.3 Å². The molecular weight excluding hydrogens is 172 g/mol. The van der Waals surface area contributed by atoms with Crippen molar-refractivity contribution in [3.63, 3.8) is 0 Å². The van der Waals surface area contributed by atoms with Crippen LogP contribution in [-0.2, 0) is 0 Å². The molecule has 0 aliphatic carbocycles. The lowest BCUT2D eigenvalue weighted by Crippen LogP contribution is -1.87. The Hall–Kier alpha value is -1.24. The molecule has 0 fully saturated rings. The number of hydrogen-bond acceptors (Lipinski definition) is 1. The third-order valence-corrected chi connectivity index (χ3v) is 2.42. The van der Waals surface area contributed by atoms with Crippen molar-refractivity contribution < 1.29 is 5.11 Å². The first-order chi connectivity index (χ1) is 6.65. The first-order valence-electron chi connectivity index (χ1n) is 5.13. The summed E-state index contributed by atoms with van der Waals surface area (Å²) in [4.78, 5) is 0. The Labute approximate surface area is 86.1 Å². The summed E-state index contributed by atoms with van der Waals surface area (Å²) in [6.45, 7) is 8.25. The first kappa shape index (κ1) is 10.8. The second kappa shape index (κ2) is 4.85. The highest BCUT2D eigenvalue weighted by Crippen LogP contribution is 2.24. The smallest absolute Gasteiger partial charge is 0.115 e. The van der Waals surface area contributed by atoms with Gasteiger partial charge in [-0.25, -0.2) is 0 Å². The number of rotatable bonds is 4. The lowest BCUT2D eigenvalue weighted by atomic mass is 9.98. The molecule has 0 heterocycles. The van der Waals surface area contributed by atoms with Gasteiger partial charge in [-0.2, -0.15) is 0 Å². The Bertz CT molecular complexity index is 326. The second-order valence-corrected chi connectivity index (χ2v) is 3.71. The molecule has 0 atom stereocenters. The molecule has 0 radical (unpaired) electrons. The minimum Gasteiger partial charge on any atom is -0.508 e. The summed E-state index contributed by atoms with van der Waals surface area (Å²) in [6.07, 6.45) is 3.41. The van der Waals surface area contributed by atoms with Gasteiger partial charge >= 0.3 is 0 Å². The average Bonchev–Trinajstić information content (AvgIpc) is 2.14. The molecule has 0 aliphatic heterocycles. The van der Waals surface area contributed by atoms with Gasteiger partial charge in [0.25, 0.3) is 0 Å². The second-order valence-electron chi connectivity index (χ2n) is 3.71. The normalized spacial score (nSPS) is 10.1. The number of aromatic hydroxyl groups is 1. The predicted molar refractivity (Wildman–Crippen MR) is 61.4 cm³/mol. The van der Waals surface area contributed by atoms with Crippen LogP contribution in [0, 0.1) is 6.92 Å². The Morgan fingerprint density at radius 1 is 1.43 bits per heavy atom. The molecule has 76 valence electrons. The summed E-state index contributed by atoms with van der Waals surface area (Å²) >= 11 is 0. The zero-order valence-corrected chi connectivity index (χ0v) is 9.01. The van der Waals surface area contributed by atoms with Gasteiger partial charge in [0.2, 0.25) is 0 Å². The average molecular weight is 190 g/mol. The highest BCUT2D eigenvalue weighted by Gasteiger charge is 2.02. The minimum absolute atomic E-state index is 0.328. The van der Waals surface area contributed by atoms with Crippen molar-refractivity contribution in [1.29, 1.82) is 0 Å². The molecule has 0 spiro atoms. The monoisotopic (exact) mass is 190 g/mol. The Morgan fingerprint density at radius 3 is 2.71 bits per heavy atom. The highest BCUT2D eigenvalue weighted by molar-refractivity contribution is 5.66. The fraction of sp³-hybridized carbons (Fsp3) is 0.385. The van der Waals surface area contributed by atoms with E-state index in [2.05, 4.69) is 13.5 Å². The zero-order valence-electron chi connectivity index (χ0n) is 9.01. The summed E-state index contributed by atoms with van der Waals surface area (Å²) in [6, 6.07) is 5.45. The van der Waals surface area contributed by atoms with E-state index < -0.39 is 0 Å². The molecular formula is C13H18O. The minimum atomic E-state index is 0.328. The first-order valence-corrected chi connectivity index (χ1v) is 5.13. The topological polar surface area (TPSA) is 20.2 Å². The van der Waals surface area contributed by atoms with Gasteiger partial charge in [-0.05, 0) is 48.6 Å². The van der Waals surface area contributed by atoms with Crippen LogP contribution < -0.4 is 0 Å². The molecule has 1 heteroatoms. The number of hydrogen-bond donors (Lipinski definition) is 1. The fourth-order valence-electron chi connectivity index (χ4n) is 1.57. The molecule has 14 heavy (non-hydrogen) atoms. The molecule has 0 aromatic heterocycles. The number of allylic oxidation sites excluding steroid dienone is 1. The predicted octanol–water partition coefficient (Wildman–Crippen LogP) is 3.90. The van der Waals surface area contributed by atoms with Crippen LogP contribution in [0.25, 0.3) is 5.57 Å². The lowest BCUT2D eigenvalue weighted by Gasteiger charge is -2.08. The number of benzene rings is 1. The third-order valence-electron chi connectivity index (χ3n) is 2.42. The van der Waals surface area contributed by atoms with E-state index in [4.69, 9.17) is 0 Å². The van der Waals surface area contributed by atoms with Gasteiger partial charge in [-0.3, -0.25) is 0 Å². The van der Waals surface area contributed by atoms with Crippen LogP contribution in [0.15, 0.2) is 24.8 Å². The molecule has 1 aromatic rings. The number of phenolic OH excluding ortho intramolecular Hbond substituents is 1. The van der Waals surface area contributed by atoms with Crippen molar-refractivity contribution in [3.8, 4) is 5.75 Å². The molecule has 0 bridgehead atoms. The highest BCUT2D eigenvalue weighted by atomic mass is 16.3. The van der Waals surface area contributed by atoms with E-state index in [1.807, 2.05) is 13.0 Å². The van der Waals surface area contributed by atoms with Crippen molar-refractivity contribution in [1.82, 2.24) is 0 Å². The molecule has 0 aliphatic rings. The van der Waals surface area contributed by atoms with Gasteiger partial charge in [0.05, 0.1) is 0 Å². The molecule has 1 nitrogen and oxygen atoms in total. The molecule has 0 saturated heterocycles. The van der Waals surface area contributed by atoms with E-state index in [-0.39, 0.29) is 0 Å². The summed E-state index contributed by atoms with van der Waals surface area (Å²) in [5.41, 5.74) is 3.45. The van der Waals surface area contributed by atoms with Crippen LogP contribution in [0.5, 0.6) is 5.75 Å². The van der Waals surface area contributed by atoms with Crippen molar-refractivity contribution in [2.24, 2.45) is 0 Å². The summed E-state index contributed by atoms with van der Waals surface area (Å²) in [5, 5.41) is 9.27. The standard InChI is InChI=1S/C13H18O/c1-4-5-6-10(2)13-8-7-12(14)9-11(13)3/h7-9,14H,2,4-6H2,1,3H3. The van der Waals surface area contributed by atoms with E-state index in [0.29, 0.717) is 5.75 Å². The van der Waals surface area contributed by atoms with Crippen molar-refractivity contribution in [2.45, 2.75) is 33.1 Å². The van der Waals surface area contributed by atoms with E-state index in [0.717, 1.165) is 12.0 Å². The van der Waals surface area contributed by atoms with Crippen molar-refractivity contribution >= 4 is 5.57 Å². The Kier molecular flexibility index (Phi) is 3.75. The molecule has 0 amide bonds. The molecule has 1 rings (SSSR count). The van der Waals surface area contributed by atoms with Gasteiger partial charge in [0.15, 0.2) is 0 Å². The van der Waals surface area contributed by atoms with Crippen LogP contribution in [0.2, 0.25) is 0 Å². The summed E-state index contributed by atoms with van der Waals surface area (Å²) in [7, 11) is 0. The Morgan fingerprint density at radius 2 is 2.14 bits per heavy atom. The third kappa shape index (κ3) is 2.63. The molecule has 0 saturated carbocycles. The van der Waals surface area contributed by atoms with Gasteiger partial charge in [-0.15, -0.1) is 0 Å². The van der Waals surface area contributed by atoms with Crippen LogP contribution in [0.4, 0.5) is 0 Å². The van der Waals surface area contributed by atoms with Gasteiger partial charge < -0.3 is 5.11 Å². The SMILES string of the molecule is C=C(CCCC)c1ccc(O)cc1C. The molecule has 1 N–H and O–H groups in total. The van der Waals surface area contributed by atoms with E-state index in [1.54, 1.807) is 12.1 Å². The largest absolute Gasteiger partial charge is 0.508 e. The maximum Gasteiger partial charge on any atom is 0.115 e. The van der Waals surface area contributed by atoms with E-state index in [9.17, 15) is 5.11 Å². The summed E-state index contributed by atoms with van der Waals surface area (Å²) < 4.78 is 0.